The van der Waals surface area contributed by atoms with Crippen molar-refractivity contribution < 1.29 is 4.39 Å². The normalized spacial score (nSPS) is 10.9. The van der Waals surface area contributed by atoms with Crippen LogP contribution in [0, 0.1) is 11.7 Å². The largest absolute Gasteiger partial charge is 0.397 e. The quantitative estimate of drug-likeness (QED) is 0.857. The molecular formula is C12H18BrFN2. The maximum absolute atomic E-state index is 13.2. The molecular weight excluding hydrogens is 271 g/mol. The first-order valence-electron chi connectivity index (χ1n) is 5.37. The van der Waals surface area contributed by atoms with Crippen LogP contribution in [-0.2, 0) is 0 Å². The fourth-order valence-corrected chi connectivity index (χ4v) is 1.79. The van der Waals surface area contributed by atoms with Gasteiger partial charge in [-0.3, -0.25) is 0 Å². The average molecular weight is 289 g/mol. The molecule has 2 N–H and O–H groups in total. The number of anilines is 2. The molecule has 90 valence electrons. The minimum Gasteiger partial charge on any atom is -0.397 e. The summed E-state index contributed by atoms with van der Waals surface area (Å²) in [5.74, 6) is 0.325. The smallest absolute Gasteiger partial charge is 0.139 e. The van der Waals surface area contributed by atoms with Gasteiger partial charge in [-0.05, 0) is 34.3 Å². The second-order valence-electron chi connectivity index (χ2n) is 4.43. The molecule has 2 nitrogen and oxygen atoms in total. The van der Waals surface area contributed by atoms with Crippen LogP contribution in [0.4, 0.5) is 15.8 Å². The van der Waals surface area contributed by atoms with E-state index in [1.807, 2.05) is 7.05 Å². The highest BCUT2D eigenvalue weighted by molar-refractivity contribution is 9.10. The summed E-state index contributed by atoms with van der Waals surface area (Å²) < 4.78 is 13.6. The Balaban J connectivity index is 2.82. The second-order valence-corrected chi connectivity index (χ2v) is 5.28. The van der Waals surface area contributed by atoms with Crippen molar-refractivity contribution in [3.8, 4) is 0 Å². The van der Waals surface area contributed by atoms with Crippen LogP contribution in [-0.4, -0.2) is 13.6 Å². The van der Waals surface area contributed by atoms with Gasteiger partial charge in [0, 0.05) is 19.7 Å². The van der Waals surface area contributed by atoms with Crippen LogP contribution in [0.15, 0.2) is 16.6 Å². The van der Waals surface area contributed by atoms with Crippen molar-refractivity contribution in [2.45, 2.75) is 20.3 Å². The number of nitrogens with zero attached hydrogens (tertiary/aromatic N) is 1. The molecule has 1 aromatic carbocycles. The molecule has 0 aromatic heterocycles. The molecule has 0 unspecified atom stereocenters. The van der Waals surface area contributed by atoms with Crippen LogP contribution in [0.2, 0.25) is 0 Å². The standard InChI is InChI=1S/C12H18BrFN2/c1-8(2)4-5-16(3)12-6-9(13)10(14)7-11(12)15/h6-8H,4-5,15H2,1-3H3. The van der Waals surface area contributed by atoms with E-state index in [2.05, 4.69) is 34.7 Å². The lowest BCUT2D eigenvalue weighted by molar-refractivity contribution is 0.584. The van der Waals surface area contributed by atoms with E-state index in [9.17, 15) is 4.39 Å². The zero-order valence-electron chi connectivity index (χ0n) is 9.93. The summed E-state index contributed by atoms with van der Waals surface area (Å²) in [4.78, 5) is 2.06. The highest BCUT2D eigenvalue weighted by Crippen LogP contribution is 2.29. The Morgan fingerprint density at radius 1 is 1.44 bits per heavy atom. The van der Waals surface area contributed by atoms with Gasteiger partial charge in [0.2, 0.25) is 0 Å². The third-order valence-electron chi connectivity index (χ3n) is 2.52. The lowest BCUT2D eigenvalue weighted by Gasteiger charge is -2.22. The summed E-state index contributed by atoms with van der Waals surface area (Å²) in [5.41, 5.74) is 7.14. The van der Waals surface area contributed by atoms with Crippen LogP contribution in [0.25, 0.3) is 0 Å². The first-order valence-corrected chi connectivity index (χ1v) is 6.16. The van der Waals surface area contributed by atoms with Crippen molar-refractivity contribution in [3.63, 3.8) is 0 Å². The monoisotopic (exact) mass is 288 g/mol. The van der Waals surface area contributed by atoms with Gasteiger partial charge in [0.1, 0.15) is 5.82 Å². The number of nitrogens with two attached hydrogens (primary N) is 1. The van der Waals surface area contributed by atoms with Gasteiger partial charge in [0.25, 0.3) is 0 Å². The van der Waals surface area contributed by atoms with Gasteiger partial charge in [0.05, 0.1) is 15.8 Å². The van der Waals surface area contributed by atoms with Gasteiger partial charge in [-0.1, -0.05) is 13.8 Å². The number of benzene rings is 1. The third-order valence-corrected chi connectivity index (χ3v) is 3.13. The maximum atomic E-state index is 13.2. The summed E-state index contributed by atoms with van der Waals surface area (Å²) in [6.45, 7) is 5.27. The Hall–Kier alpha value is -0.770. The summed E-state index contributed by atoms with van der Waals surface area (Å²) in [5, 5.41) is 0. The minimum absolute atomic E-state index is 0.321. The molecule has 0 radical (unpaired) electrons. The SMILES string of the molecule is CC(C)CCN(C)c1cc(Br)c(F)cc1N. The molecule has 1 aromatic rings. The van der Waals surface area contributed by atoms with Gasteiger partial charge in [-0.2, -0.15) is 0 Å². The zero-order valence-corrected chi connectivity index (χ0v) is 11.5. The molecule has 0 fully saturated rings. The molecule has 1 rings (SSSR count). The summed E-state index contributed by atoms with van der Waals surface area (Å²) >= 11 is 3.17. The second kappa shape index (κ2) is 5.53. The fourth-order valence-electron chi connectivity index (χ4n) is 1.45. The Labute approximate surface area is 105 Å². The molecule has 0 aliphatic rings. The molecule has 4 heteroatoms. The van der Waals surface area contributed by atoms with Crippen LogP contribution in [0.3, 0.4) is 0 Å². The third kappa shape index (κ3) is 3.37. The van der Waals surface area contributed by atoms with Crippen LogP contribution in [0.5, 0.6) is 0 Å². The van der Waals surface area contributed by atoms with E-state index < -0.39 is 0 Å². The number of rotatable bonds is 4. The predicted octanol–water partition coefficient (Wildman–Crippen LogP) is 3.65. The van der Waals surface area contributed by atoms with Crippen LogP contribution < -0.4 is 10.6 Å². The highest BCUT2D eigenvalue weighted by Gasteiger charge is 2.10. The van der Waals surface area contributed by atoms with Gasteiger partial charge in [-0.25, -0.2) is 4.39 Å². The van der Waals surface area contributed by atoms with Crippen molar-refractivity contribution in [2.75, 3.05) is 24.2 Å². The minimum atomic E-state index is -0.321. The summed E-state index contributed by atoms with van der Waals surface area (Å²) in [6.07, 6.45) is 1.09. The Kier molecular flexibility index (Phi) is 4.59. The van der Waals surface area contributed by atoms with E-state index in [1.165, 1.54) is 6.07 Å². The predicted molar refractivity (Wildman–Crippen MR) is 71.2 cm³/mol. The highest BCUT2D eigenvalue weighted by atomic mass is 79.9. The lowest BCUT2D eigenvalue weighted by Crippen LogP contribution is -2.21. The van der Waals surface area contributed by atoms with Crippen molar-refractivity contribution in [3.05, 3.63) is 22.4 Å². The summed E-state index contributed by atoms with van der Waals surface area (Å²) in [6, 6.07) is 3.08. The van der Waals surface area contributed by atoms with Gasteiger partial charge >= 0.3 is 0 Å². The Morgan fingerprint density at radius 3 is 2.62 bits per heavy atom. The van der Waals surface area contributed by atoms with E-state index >= 15 is 0 Å². The molecule has 0 heterocycles. The molecule has 0 aliphatic carbocycles. The van der Waals surface area contributed by atoms with Crippen LogP contribution in [0.1, 0.15) is 20.3 Å². The lowest BCUT2D eigenvalue weighted by atomic mass is 10.1. The van der Waals surface area contributed by atoms with Crippen molar-refractivity contribution in [1.82, 2.24) is 0 Å². The fraction of sp³-hybridized carbons (Fsp3) is 0.500. The van der Waals surface area contributed by atoms with E-state index in [-0.39, 0.29) is 5.82 Å². The molecule has 0 saturated heterocycles. The first-order chi connectivity index (χ1) is 7.41. The van der Waals surface area contributed by atoms with E-state index in [1.54, 1.807) is 6.07 Å². The molecule has 0 saturated carbocycles. The average Bonchev–Trinajstić information content (AvgIpc) is 2.20. The van der Waals surface area contributed by atoms with Gasteiger partial charge in [0.15, 0.2) is 0 Å². The van der Waals surface area contributed by atoms with Crippen molar-refractivity contribution in [1.29, 1.82) is 0 Å². The van der Waals surface area contributed by atoms with E-state index in [0.29, 0.717) is 16.1 Å². The first kappa shape index (κ1) is 13.3. The molecule has 16 heavy (non-hydrogen) atoms. The molecule has 0 amide bonds. The molecule has 0 bridgehead atoms. The van der Waals surface area contributed by atoms with Crippen LogP contribution >= 0.6 is 15.9 Å². The number of nitrogen functional groups attached to an aromatic ring is 1. The topological polar surface area (TPSA) is 29.3 Å². The maximum Gasteiger partial charge on any atom is 0.139 e. The molecule has 0 aliphatic heterocycles. The molecule has 0 atom stereocenters. The Bertz CT molecular complexity index is 366. The molecule has 0 spiro atoms. The van der Waals surface area contributed by atoms with Crippen molar-refractivity contribution in [2.24, 2.45) is 5.92 Å². The number of hydrogen-bond donors (Lipinski definition) is 1. The van der Waals surface area contributed by atoms with Gasteiger partial charge < -0.3 is 10.6 Å². The number of hydrogen-bond acceptors (Lipinski definition) is 2. The van der Waals surface area contributed by atoms with E-state index in [4.69, 9.17) is 5.73 Å². The number of halogens is 2. The van der Waals surface area contributed by atoms with Gasteiger partial charge in [-0.15, -0.1) is 0 Å². The summed E-state index contributed by atoms with van der Waals surface area (Å²) in [7, 11) is 1.97. The Morgan fingerprint density at radius 2 is 2.06 bits per heavy atom. The zero-order chi connectivity index (χ0) is 12.3. The van der Waals surface area contributed by atoms with E-state index in [0.717, 1.165) is 18.7 Å². The van der Waals surface area contributed by atoms with Crippen molar-refractivity contribution >= 4 is 27.3 Å².